The Morgan fingerprint density at radius 1 is 1.29 bits per heavy atom. The van der Waals surface area contributed by atoms with Gasteiger partial charge >= 0.3 is 0 Å². The molecule has 0 amide bonds. The zero-order chi connectivity index (χ0) is 13.1. The number of aliphatic hydroxyl groups excluding tert-OH is 2. The average Bonchev–Trinajstić information content (AvgIpc) is 2.28. The fraction of sp³-hybridized carbons (Fsp3) is 0.462. The van der Waals surface area contributed by atoms with Crippen molar-refractivity contribution in [1.29, 1.82) is 0 Å². The van der Waals surface area contributed by atoms with Crippen LogP contribution in [0.2, 0.25) is 0 Å². The Balaban J connectivity index is 2.97. The average molecular weight is 237 g/mol. The van der Waals surface area contributed by atoms with Crippen molar-refractivity contribution in [1.82, 2.24) is 0 Å². The van der Waals surface area contributed by atoms with Gasteiger partial charge in [-0.15, -0.1) is 0 Å². The number of ketones is 1. The molecule has 0 unspecified atom stereocenters. The highest BCUT2D eigenvalue weighted by Crippen LogP contribution is 2.17. The van der Waals surface area contributed by atoms with E-state index < -0.39 is 5.54 Å². The van der Waals surface area contributed by atoms with E-state index in [1.165, 1.54) is 6.92 Å². The van der Waals surface area contributed by atoms with Crippen LogP contribution in [0.15, 0.2) is 18.2 Å². The monoisotopic (exact) mass is 237 g/mol. The Bertz CT molecular complexity index is 413. The van der Waals surface area contributed by atoms with Crippen LogP contribution in [0.1, 0.15) is 30.5 Å². The maximum Gasteiger partial charge on any atom is 0.149 e. The largest absolute Gasteiger partial charge is 0.392 e. The third kappa shape index (κ3) is 3.36. The lowest BCUT2D eigenvalue weighted by Gasteiger charge is -2.21. The van der Waals surface area contributed by atoms with E-state index in [1.807, 2.05) is 6.07 Å². The summed E-state index contributed by atoms with van der Waals surface area (Å²) in [7, 11) is 0. The number of benzene rings is 1. The Morgan fingerprint density at radius 2 is 1.88 bits per heavy atom. The summed E-state index contributed by atoms with van der Waals surface area (Å²) < 4.78 is 0. The highest BCUT2D eigenvalue weighted by Gasteiger charge is 2.24. The van der Waals surface area contributed by atoms with Crippen molar-refractivity contribution >= 4 is 5.78 Å². The second kappa shape index (κ2) is 5.40. The number of nitrogens with two attached hydrogens (primary N) is 1. The smallest absolute Gasteiger partial charge is 0.149 e. The third-order valence-electron chi connectivity index (χ3n) is 2.99. The van der Waals surface area contributed by atoms with Crippen LogP contribution < -0.4 is 5.73 Å². The van der Waals surface area contributed by atoms with Gasteiger partial charge in [-0.25, -0.2) is 0 Å². The molecule has 0 radical (unpaired) electrons. The molecule has 0 saturated heterocycles. The zero-order valence-electron chi connectivity index (χ0n) is 10.2. The summed E-state index contributed by atoms with van der Waals surface area (Å²) in [6.45, 7) is 2.91. The molecular formula is C13H19NO3. The van der Waals surface area contributed by atoms with E-state index in [9.17, 15) is 9.90 Å². The molecule has 0 aromatic heterocycles. The maximum absolute atomic E-state index is 11.3. The molecule has 1 aromatic rings. The molecule has 94 valence electrons. The zero-order valence-corrected chi connectivity index (χ0v) is 10.2. The van der Waals surface area contributed by atoms with E-state index in [4.69, 9.17) is 10.8 Å². The van der Waals surface area contributed by atoms with Crippen molar-refractivity contribution in [3.63, 3.8) is 0 Å². The van der Waals surface area contributed by atoms with Gasteiger partial charge < -0.3 is 15.9 Å². The lowest BCUT2D eigenvalue weighted by Crippen LogP contribution is -2.45. The fourth-order valence-corrected chi connectivity index (χ4v) is 1.64. The summed E-state index contributed by atoms with van der Waals surface area (Å²) in [5.74, 6) is -0.0747. The minimum absolute atomic E-state index is 0.0747. The Morgan fingerprint density at radius 3 is 2.35 bits per heavy atom. The van der Waals surface area contributed by atoms with E-state index >= 15 is 0 Å². The molecule has 4 heteroatoms. The van der Waals surface area contributed by atoms with Gasteiger partial charge in [0.1, 0.15) is 5.78 Å². The standard InChI is InChI=1S/C13H19NO3/c1-9(17)13(2,14)6-10-3-4-11(7-15)12(5-10)8-16/h3-5,15-16H,6-8,14H2,1-2H3/t13-/m1/s1. The molecule has 4 nitrogen and oxygen atoms in total. The van der Waals surface area contributed by atoms with Crippen molar-refractivity contribution in [2.45, 2.75) is 39.0 Å². The van der Waals surface area contributed by atoms with Gasteiger partial charge in [0.15, 0.2) is 0 Å². The molecule has 0 spiro atoms. The number of Topliss-reactive ketones (excluding diaryl/α,β-unsaturated/α-hetero) is 1. The van der Waals surface area contributed by atoms with Crippen molar-refractivity contribution in [3.8, 4) is 0 Å². The minimum Gasteiger partial charge on any atom is -0.392 e. The molecule has 4 N–H and O–H groups in total. The van der Waals surface area contributed by atoms with Crippen molar-refractivity contribution in [2.75, 3.05) is 0 Å². The number of rotatable bonds is 5. The molecule has 17 heavy (non-hydrogen) atoms. The van der Waals surface area contributed by atoms with Gasteiger partial charge in [0.05, 0.1) is 18.8 Å². The first kappa shape index (κ1) is 13.8. The molecular weight excluding hydrogens is 218 g/mol. The van der Waals surface area contributed by atoms with E-state index in [0.29, 0.717) is 17.5 Å². The Labute approximate surface area is 101 Å². The summed E-state index contributed by atoms with van der Waals surface area (Å²) in [5, 5.41) is 18.2. The molecule has 0 bridgehead atoms. The van der Waals surface area contributed by atoms with Gasteiger partial charge in [-0.1, -0.05) is 18.2 Å². The first-order chi connectivity index (χ1) is 7.90. The van der Waals surface area contributed by atoms with Gasteiger partial charge in [0, 0.05) is 0 Å². The second-order valence-electron chi connectivity index (χ2n) is 4.57. The van der Waals surface area contributed by atoms with Crippen LogP contribution in [0, 0.1) is 0 Å². The summed E-state index contributed by atoms with van der Waals surface area (Å²) in [6, 6.07) is 5.34. The number of hydrogen-bond acceptors (Lipinski definition) is 4. The normalized spacial score (nSPS) is 14.4. The van der Waals surface area contributed by atoms with Crippen molar-refractivity contribution in [3.05, 3.63) is 34.9 Å². The van der Waals surface area contributed by atoms with Crippen LogP contribution in [0.5, 0.6) is 0 Å². The van der Waals surface area contributed by atoms with Crippen LogP contribution in [-0.2, 0) is 24.4 Å². The maximum atomic E-state index is 11.3. The number of hydrogen-bond donors (Lipinski definition) is 3. The minimum atomic E-state index is -0.895. The lowest BCUT2D eigenvalue weighted by atomic mass is 9.89. The van der Waals surface area contributed by atoms with Crippen LogP contribution in [0.25, 0.3) is 0 Å². The molecule has 0 aliphatic heterocycles. The SMILES string of the molecule is CC(=O)[C@](C)(N)Cc1ccc(CO)c(CO)c1. The quantitative estimate of drug-likeness (QED) is 0.697. The Hall–Kier alpha value is -1.23. The van der Waals surface area contributed by atoms with Crippen LogP contribution in [0.3, 0.4) is 0 Å². The highest BCUT2D eigenvalue weighted by atomic mass is 16.3. The fourth-order valence-electron chi connectivity index (χ4n) is 1.64. The predicted octanol–water partition coefficient (Wildman–Crippen LogP) is 0.520. The summed E-state index contributed by atoms with van der Waals surface area (Å²) in [6.07, 6.45) is 0.418. The van der Waals surface area contributed by atoms with E-state index in [1.54, 1.807) is 19.1 Å². The van der Waals surface area contributed by atoms with Crippen LogP contribution in [-0.4, -0.2) is 21.5 Å². The van der Waals surface area contributed by atoms with E-state index in [-0.39, 0.29) is 19.0 Å². The number of carbonyl (C=O) groups excluding carboxylic acids is 1. The summed E-state index contributed by atoms with van der Waals surface area (Å²) in [4.78, 5) is 11.3. The van der Waals surface area contributed by atoms with Crippen molar-refractivity contribution < 1.29 is 15.0 Å². The van der Waals surface area contributed by atoms with E-state index in [2.05, 4.69) is 0 Å². The van der Waals surface area contributed by atoms with E-state index in [0.717, 1.165) is 5.56 Å². The molecule has 0 saturated carbocycles. The number of aliphatic hydroxyl groups is 2. The molecule has 0 fully saturated rings. The Kier molecular flexibility index (Phi) is 4.40. The molecule has 1 rings (SSSR count). The summed E-state index contributed by atoms with van der Waals surface area (Å²) >= 11 is 0. The molecule has 0 aliphatic rings. The van der Waals surface area contributed by atoms with Gasteiger partial charge in [-0.3, -0.25) is 4.79 Å². The second-order valence-corrected chi connectivity index (χ2v) is 4.57. The highest BCUT2D eigenvalue weighted by molar-refractivity contribution is 5.85. The first-order valence-electron chi connectivity index (χ1n) is 5.53. The number of carbonyl (C=O) groups is 1. The van der Waals surface area contributed by atoms with Gasteiger partial charge in [-0.05, 0) is 37.0 Å². The lowest BCUT2D eigenvalue weighted by molar-refractivity contribution is -0.121. The molecule has 0 aliphatic carbocycles. The topological polar surface area (TPSA) is 83.6 Å². The molecule has 0 heterocycles. The van der Waals surface area contributed by atoms with Gasteiger partial charge in [0.2, 0.25) is 0 Å². The van der Waals surface area contributed by atoms with Gasteiger partial charge in [-0.2, -0.15) is 0 Å². The van der Waals surface area contributed by atoms with Crippen LogP contribution in [0.4, 0.5) is 0 Å². The third-order valence-corrected chi connectivity index (χ3v) is 2.99. The van der Waals surface area contributed by atoms with Crippen molar-refractivity contribution in [2.24, 2.45) is 5.73 Å². The summed E-state index contributed by atoms with van der Waals surface area (Å²) in [5.41, 5.74) is 7.24. The van der Waals surface area contributed by atoms with Gasteiger partial charge in [0.25, 0.3) is 0 Å². The first-order valence-corrected chi connectivity index (χ1v) is 5.53. The predicted molar refractivity (Wildman–Crippen MR) is 65.3 cm³/mol. The molecule has 1 atom stereocenters. The van der Waals surface area contributed by atoms with Crippen LogP contribution >= 0.6 is 0 Å². The molecule has 1 aromatic carbocycles.